The Morgan fingerprint density at radius 3 is 2.05 bits per heavy atom. The third kappa shape index (κ3) is 6.50. The van der Waals surface area contributed by atoms with Crippen LogP contribution in [0.2, 0.25) is 0 Å². The van der Waals surface area contributed by atoms with Gasteiger partial charge in [0, 0.05) is 57.9 Å². The highest BCUT2D eigenvalue weighted by molar-refractivity contribution is 7.92. The molecule has 9 nitrogen and oxygen atoms in total. The van der Waals surface area contributed by atoms with E-state index in [2.05, 4.69) is 33.5 Å². The fourth-order valence-electron chi connectivity index (χ4n) is 5.39. The van der Waals surface area contributed by atoms with Crippen LogP contribution in [0, 0.1) is 6.92 Å². The molecule has 0 aromatic heterocycles. The van der Waals surface area contributed by atoms with E-state index in [4.69, 9.17) is 4.74 Å². The summed E-state index contributed by atoms with van der Waals surface area (Å²) in [7, 11) is 1.98. The van der Waals surface area contributed by atoms with Crippen molar-refractivity contribution in [1.82, 2.24) is 14.7 Å². The number of anilines is 2. The van der Waals surface area contributed by atoms with Crippen LogP contribution in [0.1, 0.15) is 15.9 Å². The van der Waals surface area contributed by atoms with E-state index < -0.39 is 10.0 Å². The van der Waals surface area contributed by atoms with Crippen LogP contribution < -0.4 is 14.4 Å². The molecule has 0 bridgehead atoms. The molecule has 218 valence electrons. The lowest BCUT2D eigenvalue weighted by Crippen LogP contribution is -2.47. The smallest absolute Gasteiger partial charge is 0.261 e. The highest BCUT2D eigenvalue weighted by atomic mass is 32.2. The molecule has 2 saturated heterocycles. The van der Waals surface area contributed by atoms with Gasteiger partial charge in [0.2, 0.25) is 0 Å². The Bertz CT molecular complexity index is 1490. The normalized spacial score (nSPS) is 17.0. The second-order valence-electron chi connectivity index (χ2n) is 10.9. The van der Waals surface area contributed by atoms with Gasteiger partial charge in [-0.2, -0.15) is 0 Å². The lowest BCUT2D eigenvalue weighted by molar-refractivity contribution is 0.0664. The number of ether oxygens (including phenoxy) is 1. The zero-order valence-corrected chi connectivity index (χ0v) is 25.1. The molecule has 0 radical (unpaired) electrons. The van der Waals surface area contributed by atoms with Crippen molar-refractivity contribution in [2.75, 3.05) is 83.2 Å². The summed E-state index contributed by atoms with van der Waals surface area (Å²) < 4.78 is 34.9. The number of amides is 1. The van der Waals surface area contributed by atoms with E-state index in [1.807, 2.05) is 48.2 Å². The first kappa shape index (κ1) is 28.9. The Balaban J connectivity index is 1.30. The average Bonchev–Trinajstić information content (AvgIpc) is 2.97. The van der Waals surface area contributed by atoms with Gasteiger partial charge in [-0.1, -0.05) is 18.2 Å². The Morgan fingerprint density at radius 1 is 0.805 bits per heavy atom. The molecule has 0 atom stereocenters. The van der Waals surface area contributed by atoms with Crippen LogP contribution in [-0.4, -0.2) is 103 Å². The molecule has 5 rings (SSSR count). The molecule has 41 heavy (non-hydrogen) atoms. The molecular formula is C31H39N5O4S. The number of aryl methyl sites for hydroxylation is 1. The summed E-state index contributed by atoms with van der Waals surface area (Å²) in [6, 6.07) is 17.9. The van der Waals surface area contributed by atoms with Gasteiger partial charge in [-0.25, -0.2) is 8.42 Å². The second kappa shape index (κ2) is 12.1. The second-order valence-corrected chi connectivity index (χ2v) is 12.6. The van der Waals surface area contributed by atoms with Crippen molar-refractivity contribution in [3.63, 3.8) is 0 Å². The lowest BCUT2D eigenvalue weighted by Gasteiger charge is -2.35. The van der Waals surface area contributed by atoms with Gasteiger partial charge in [0.1, 0.15) is 5.75 Å². The highest BCUT2D eigenvalue weighted by Gasteiger charge is 2.22. The average molecular weight is 578 g/mol. The number of nitrogens with zero attached hydrogens (tertiary/aromatic N) is 4. The zero-order chi connectivity index (χ0) is 29.1. The van der Waals surface area contributed by atoms with E-state index >= 15 is 0 Å². The van der Waals surface area contributed by atoms with E-state index in [0.29, 0.717) is 17.0 Å². The quantitative estimate of drug-likeness (QED) is 0.459. The number of hydrogen-bond donors (Lipinski definition) is 1. The maximum atomic E-state index is 13.3. The maximum Gasteiger partial charge on any atom is 0.261 e. The van der Waals surface area contributed by atoms with Gasteiger partial charge in [-0.15, -0.1) is 0 Å². The molecule has 0 aliphatic carbocycles. The number of sulfonamides is 1. The first-order valence-corrected chi connectivity index (χ1v) is 15.5. The molecule has 2 aliphatic heterocycles. The van der Waals surface area contributed by atoms with Gasteiger partial charge in [0.25, 0.3) is 15.9 Å². The first-order chi connectivity index (χ1) is 19.6. The molecule has 1 N–H and O–H groups in total. The summed E-state index contributed by atoms with van der Waals surface area (Å²) in [6.07, 6.45) is 0. The number of nitrogens with one attached hydrogen (secondary N) is 1. The molecular weight excluding hydrogens is 538 g/mol. The topological polar surface area (TPSA) is 85.4 Å². The third-order valence-electron chi connectivity index (χ3n) is 8.01. The van der Waals surface area contributed by atoms with E-state index in [9.17, 15) is 13.2 Å². The minimum absolute atomic E-state index is 0.0505. The number of likely N-dealkylation sites (N-methyl/N-ethyl adjacent to an activating group) is 2. The lowest BCUT2D eigenvalue weighted by atomic mass is 9.98. The highest BCUT2D eigenvalue weighted by Crippen LogP contribution is 2.33. The zero-order valence-electron chi connectivity index (χ0n) is 24.3. The van der Waals surface area contributed by atoms with Gasteiger partial charge < -0.3 is 24.3 Å². The van der Waals surface area contributed by atoms with Crippen LogP contribution in [0.25, 0.3) is 11.1 Å². The third-order valence-corrected chi connectivity index (χ3v) is 9.41. The van der Waals surface area contributed by atoms with Gasteiger partial charge >= 0.3 is 0 Å². The van der Waals surface area contributed by atoms with E-state index in [0.717, 1.165) is 74.7 Å². The number of carbonyl (C=O) groups is 1. The largest absolute Gasteiger partial charge is 0.495 e. The Labute approximate surface area is 243 Å². The Hall–Kier alpha value is -3.60. The molecule has 10 heteroatoms. The monoisotopic (exact) mass is 577 g/mol. The fraction of sp³-hybridized carbons (Fsp3) is 0.387. The van der Waals surface area contributed by atoms with Crippen molar-refractivity contribution in [3.05, 3.63) is 71.8 Å². The summed E-state index contributed by atoms with van der Waals surface area (Å²) in [5.74, 6) is 0.767. The van der Waals surface area contributed by atoms with Gasteiger partial charge in [0.05, 0.1) is 23.4 Å². The Kier molecular flexibility index (Phi) is 8.53. The molecule has 0 unspecified atom stereocenters. The van der Waals surface area contributed by atoms with E-state index in [1.165, 1.54) is 0 Å². The van der Waals surface area contributed by atoms with Crippen molar-refractivity contribution in [1.29, 1.82) is 0 Å². The molecule has 2 heterocycles. The van der Waals surface area contributed by atoms with Crippen LogP contribution in [0.15, 0.2) is 65.6 Å². The molecule has 3 aromatic rings. The van der Waals surface area contributed by atoms with Gasteiger partial charge in [-0.3, -0.25) is 9.52 Å². The molecule has 2 aliphatic rings. The van der Waals surface area contributed by atoms with Crippen LogP contribution in [-0.2, 0) is 10.0 Å². The van der Waals surface area contributed by atoms with Crippen molar-refractivity contribution < 1.29 is 17.9 Å². The fourth-order valence-corrected chi connectivity index (χ4v) is 6.44. The first-order valence-electron chi connectivity index (χ1n) is 14.0. The van der Waals surface area contributed by atoms with Crippen molar-refractivity contribution in [2.45, 2.75) is 11.8 Å². The van der Waals surface area contributed by atoms with Crippen molar-refractivity contribution in [3.8, 4) is 16.9 Å². The summed E-state index contributed by atoms with van der Waals surface area (Å²) in [6.45, 7) is 8.74. The van der Waals surface area contributed by atoms with Crippen LogP contribution in [0.4, 0.5) is 11.4 Å². The van der Waals surface area contributed by atoms with Crippen LogP contribution in [0.3, 0.4) is 0 Å². The summed E-state index contributed by atoms with van der Waals surface area (Å²) in [5.41, 5.74) is 4.86. The summed E-state index contributed by atoms with van der Waals surface area (Å²) in [4.78, 5) is 21.8. The number of piperazine rings is 2. The molecule has 2 fully saturated rings. The number of hydrogen-bond acceptors (Lipinski definition) is 7. The van der Waals surface area contributed by atoms with Gasteiger partial charge in [0.15, 0.2) is 0 Å². The number of carbonyl (C=O) groups excluding carboxylic acids is 1. The van der Waals surface area contributed by atoms with Crippen molar-refractivity contribution >= 4 is 27.3 Å². The predicted molar refractivity (Wildman–Crippen MR) is 164 cm³/mol. The van der Waals surface area contributed by atoms with Crippen molar-refractivity contribution in [2.24, 2.45) is 0 Å². The van der Waals surface area contributed by atoms with Crippen LogP contribution >= 0.6 is 0 Å². The number of benzene rings is 3. The van der Waals surface area contributed by atoms with E-state index in [1.54, 1.807) is 31.4 Å². The van der Waals surface area contributed by atoms with Gasteiger partial charge in [-0.05, 0) is 80.2 Å². The molecule has 1 amide bonds. The number of rotatable bonds is 7. The minimum Gasteiger partial charge on any atom is -0.495 e. The predicted octanol–water partition coefficient (Wildman–Crippen LogP) is 3.61. The molecule has 0 saturated carbocycles. The Morgan fingerprint density at radius 2 is 1.44 bits per heavy atom. The SMILES string of the molecule is COc1ccc(NS(=O)(=O)c2ccc(-c3ccc(C(=O)N4CCN(C)CC4)cc3C)cc2)cc1N1CCN(C)CC1. The number of methoxy groups -OCH3 is 1. The standard InChI is InChI=1S/C31H39N5O4S/c1-23-21-25(31(37)36-19-15-34(3)16-20-36)7-11-28(23)24-5-9-27(10-6-24)41(38,39)32-26-8-12-30(40-4)29(22-26)35-17-13-33(2)14-18-35/h5-12,21-22,32H,13-20H2,1-4H3. The maximum absolute atomic E-state index is 13.3. The molecule has 3 aromatic carbocycles. The summed E-state index contributed by atoms with van der Waals surface area (Å²) in [5, 5.41) is 0. The van der Waals surface area contributed by atoms with Crippen LogP contribution in [0.5, 0.6) is 5.75 Å². The summed E-state index contributed by atoms with van der Waals surface area (Å²) >= 11 is 0. The van der Waals surface area contributed by atoms with E-state index in [-0.39, 0.29) is 10.8 Å². The minimum atomic E-state index is -3.80. The molecule has 0 spiro atoms.